The first-order valence-electron chi connectivity index (χ1n) is 6.51. The van der Waals surface area contributed by atoms with E-state index >= 15 is 0 Å². The summed E-state index contributed by atoms with van der Waals surface area (Å²) in [5, 5.41) is 9.02. The normalized spacial score (nSPS) is 19.5. The van der Waals surface area contributed by atoms with E-state index in [1.165, 1.54) is 0 Å². The third-order valence-electron chi connectivity index (χ3n) is 3.17. The number of hydrogen-bond donors (Lipinski definition) is 1. The first-order valence-corrected chi connectivity index (χ1v) is 7.66. The van der Waals surface area contributed by atoms with E-state index in [1.54, 1.807) is 0 Å². The maximum atomic E-state index is 11.0. The van der Waals surface area contributed by atoms with Gasteiger partial charge in [0.25, 0.3) is 0 Å². The smallest absolute Gasteiger partial charge is 0.305 e. The number of rotatable bonds is 4. The largest absolute Gasteiger partial charge is 0.481 e. The lowest BCUT2D eigenvalue weighted by atomic mass is 10.2. The van der Waals surface area contributed by atoms with E-state index in [2.05, 4.69) is 21.8 Å². The molecule has 1 aliphatic rings. The Balaban J connectivity index is 2.26. The van der Waals surface area contributed by atoms with Gasteiger partial charge in [0.05, 0.1) is 6.42 Å². The Morgan fingerprint density at radius 3 is 3.05 bits per heavy atom. The lowest BCUT2D eigenvalue weighted by Gasteiger charge is -2.35. The molecule has 2 rings (SSSR count). The highest BCUT2D eigenvalue weighted by Gasteiger charge is 2.26. The van der Waals surface area contributed by atoms with Crippen molar-refractivity contribution in [2.45, 2.75) is 32.7 Å². The van der Waals surface area contributed by atoms with E-state index in [0.717, 1.165) is 41.8 Å². The lowest BCUT2D eigenvalue weighted by molar-refractivity contribution is -0.137. The summed E-state index contributed by atoms with van der Waals surface area (Å²) >= 11 is 1.81. The quantitative estimate of drug-likeness (QED) is 0.907. The van der Waals surface area contributed by atoms with Gasteiger partial charge in [0.2, 0.25) is 0 Å². The maximum absolute atomic E-state index is 11.0. The lowest BCUT2D eigenvalue weighted by Crippen LogP contribution is -2.44. The highest BCUT2D eigenvalue weighted by Crippen LogP contribution is 2.25. The summed E-state index contributed by atoms with van der Waals surface area (Å²) in [7, 11) is 0. The van der Waals surface area contributed by atoms with Crippen LogP contribution in [0, 0.1) is 6.92 Å². The molecule has 104 valence electrons. The molecule has 1 fully saturated rings. The molecule has 1 N–H and O–H groups in total. The first kappa shape index (κ1) is 14.1. The van der Waals surface area contributed by atoms with Crippen LogP contribution in [0.15, 0.2) is 6.07 Å². The van der Waals surface area contributed by atoms with Gasteiger partial charge in [-0.3, -0.25) is 4.79 Å². The van der Waals surface area contributed by atoms with Gasteiger partial charge < -0.3 is 10.0 Å². The highest BCUT2D eigenvalue weighted by atomic mass is 32.2. The predicted molar refractivity (Wildman–Crippen MR) is 76.9 cm³/mol. The number of carboxylic acids is 1. The Hall–Kier alpha value is -1.30. The van der Waals surface area contributed by atoms with Crippen LogP contribution in [0.3, 0.4) is 0 Å². The molecule has 2 heterocycles. The zero-order valence-corrected chi connectivity index (χ0v) is 12.1. The second kappa shape index (κ2) is 6.23. The van der Waals surface area contributed by atoms with Crippen LogP contribution in [0.1, 0.15) is 24.9 Å². The van der Waals surface area contributed by atoms with Crippen LogP contribution in [-0.4, -0.2) is 45.1 Å². The van der Waals surface area contributed by atoms with E-state index in [4.69, 9.17) is 5.11 Å². The van der Waals surface area contributed by atoms with Gasteiger partial charge in [-0.05, 0) is 13.3 Å². The molecule has 0 amide bonds. The molecule has 1 unspecified atom stereocenters. The van der Waals surface area contributed by atoms with Gasteiger partial charge in [-0.1, -0.05) is 6.92 Å². The van der Waals surface area contributed by atoms with Gasteiger partial charge in [0.1, 0.15) is 11.6 Å². The number of aromatic nitrogens is 2. The van der Waals surface area contributed by atoms with Crippen LogP contribution in [0.25, 0.3) is 0 Å². The van der Waals surface area contributed by atoms with E-state index in [-0.39, 0.29) is 12.5 Å². The molecule has 0 aromatic carbocycles. The molecule has 0 saturated carbocycles. The van der Waals surface area contributed by atoms with Gasteiger partial charge in [0.15, 0.2) is 0 Å². The van der Waals surface area contributed by atoms with E-state index in [0.29, 0.717) is 0 Å². The molecule has 0 bridgehead atoms. The number of hydrogen-bond acceptors (Lipinski definition) is 5. The zero-order chi connectivity index (χ0) is 13.8. The van der Waals surface area contributed by atoms with Crippen molar-refractivity contribution in [3.8, 4) is 0 Å². The minimum absolute atomic E-state index is 0.0234. The molecule has 1 aliphatic heterocycles. The maximum Gasteiger partial charge on any atom is 0.305 e. The summed E-state index contributed by atoms with van der Waals surface area (Å²) < 4.78 is 0. The Bertz CT molecular complexity index is 467. The van der Waals surface area contributed by atoms with Crippen molar-refractivity contribution in [1.82, 2.24) is 9.97 Å². The summed E-state index contributed by atoms with van der Waals surface area (Å²) in [5.74, 6) is 2.73. The number of nitrogens with zero attached hydrogens (tertiary/aromatic N) is 3. The molecule has 0 radical (unpaired) electrons. The van der Waals surface area contributed by atoms with Gasteiger partial charge in [-0.2, -0.15) is 11.8 Å². The van der Waals surface area contributed by atoms with E-state index < -0.39 is 5.97 Å². The van der Waals surface area contributed by atoms with Crippen molar-refractivity contribution in [2.75, 3.05) is 23.0 Å². The average Bonchev–Trinajstić information content (AvgIpc) is 2.38. The van der Waals surface area contributed by atoms with Crippen LogP contribution in [0.2, 0.25) is 0 Å². The number of carbonyl (C=O) groups is 1. The molecule has 0 spiro atoms. The Morgan fingerprint density at radius 2 is 2.37 bits per heavy atom. The number of carboxylic acid groups (broad SMARTS) is 1. The minimum Gasteiger partial charge on any atom is -0.481 e. The molecular weight excluding hydrogens is 262 g/mol. The number of aliphatic carboxylic acids is 1. The molecule has 1 saturated heterocycles. The van der Waals surface area contributed by atoms with Crippen LogP contribution in [0.5, 0.6) is 0 Å². The average molecular weight is 281 g/mol. The molecule has 1 atom stereocenters. The van der Waals surface area contributed by atoms with Crippen LogP contribution in [-0.2, 0) is 11.2 Å². The fourth-order valence-electron chi connectivity index (χ4n) is 2.27. The third-order valence-corrected chi connectivity index (χ3v) is 4.26. The van der Waals surface area contributed by atoms with Gasteiger partial charge in [0, 0.05) is 35.9 Å². The van der Waals surface area contributed by atoms with Gasteiger partial charge in [-0.25, -0.2) is 9.97 Å². The van der Waals surface area contributed by atoms with Crippen LogP contribution in [0.4, 0.5) is 5.82 Å². The van der Waals surface area contributed by atoms with Crippen molar-refractivity contribution in [1.29, 1.82) is 0 Å². The SMILES string of the molecule is CCc1cc(N2CCSCC2CC(=O)O)nc(C)n1. The zero-order valence-electron chi connectivity index (χ0n) is 11.3. The van der Waals surface area contributed by atoms with E-state index in [9.17, 15) is 4.79 Å². The third kappa shape index (κ3) is 3.59. The summed E-state index contributed by atoms with van der Waals surface area (Å²) in [6, 6.07) is 2.01. The standard InChI is InChI=1S/C13H19N3O2S/c1-3-10-6-12(15-9(2)14-10)16-4-5-19-8-11(16)7-13(17)18/h6,11H,3-5,7-8H2,1-2H3,(H,17,18). The summed E-state index contributed by atoms with van der Waals surface area (Å²) in [5.41, 5.74) is 1.01. The molecule has 0 aliphatic carbocycles. The molecule has 19 heavy (non-hydrogen) atoms. The van der Waals surface area contributed by atoms with Crippen molar-refractivity contribution in [3.05, 3.63) is 17.6 Å². The Kier molecular flexibility index (Phi) is 4.63. The van der Waals surface area contributed by atoms with Crippen molar-refractivity contribution in [3.63, 3.8) is 0 Å². The van der Waals surface area contributed by atoms with Gasteiger partial charge in [-0.15, -0.1) is 0 Å². The second-order valence-electron chi connectivity index (χ2n) is 4.64. The van der Waals surface area contributed by atoms with Crippen molar-refractivity contribution in [2.24, 2.45) is 0 Å². The second-order valence-corrected chi connectivity index (χ2v) is 5.79. The topological polar surface area (TPSA) is 66.3 Å². The molecule has 1 aromatic heterocycles. The fraction of sp³-hybridized carbons (Fsp3) is 0.615. The van der Waals surface area contributed by atoms with Crippen molar-refractivity contribution >= 4 is 23.5 Å². The first-order chi connectivity index (χ1) is 9.10. The highest BCUT2D eigenvalue weighted by molar-refractivity contribution is 7.99. The number of anilines is 1. The summed E-state index contributed by atoms with van der Waals surface area (Å²) in [4.78, 5) is 21.9. The van der Waals surface area contributed by atoms with Crippen LogP contribution < -0.4 is 4.90 Å². The monoisotopic (exact) mass is 281 g/mol. The number of thioether (sulfide) groups is 1. The van der Waals surface area contributed by atoms with Crippen molar-refractivity contribution < 1.29 is 9.90 Å². The van der Waals surface area contributed by atoms with E-state index in [1.807, 2.05) is 24.8 Å². The fourth-order valence-corrected chi connectivity index (χ4v) is 3.33. The molecule has 5 nitrogen and oxygen atoms in total. The minimum atomic E-state index is -0.751. The Morgan fingerprint density at radius 1 is 1.58 bits per heavy atom. The van der Waals surface area contributed by atoms with Crippen LogP contribution >= 0.6 is 11.8 Å². The predicted octanol–water partition coefficient (Wildman–Crippen LogP) is 1.74. The molecule has 1 aromatic rings. The van der Waals surface area contributed by atoms with Gasteiger partial charge >= 0.3 is 5.97 Å². The summed E-state index contributed by atoms with van der Waals surface area (Å²) in [6.07, 6.45) is 1.03. The molecular formula is C13H19N3O2S. The Labute approximate surface area is 117 Å². The molecule has 6 heteroatoms. The number of aryl methyl sites for hydroxylation is 2. The summed E-state index contributed by atoms with van der Waals surface area (Å²) in [6.45, 7) is 4.79.